The molecule has 7 heteroatoms. The number of morpholine rings is 1. The van der Waals surface area contributed by atoms with Gasteiger partial charge in [-0.2, -0.15) is 4.98 Å². The third-order valence-corrected chi connectivity index (χ3v) is 4.40. The molecule has 0 radical (unpaired) electrons. The fourth-order valence-electron chi connectivity index (χ4n) is 3.09. The number of aromatic nitrogens is 3. The average molecular weight is 350 g/mol. The van der Waals surface area contributed by atoms with Crippen LogP contribution >= 0.6 is 0 Å². The third kappa shape index (κ3) is 3.21. The minimum Gasteiger partial charge on any atom is -0.377 e. The Hall–Kier alpha value is -3.06. The fourth-order valence-corrected chi connectivity index (χ4v) is 3.09. The highest BCUT2D eigenvalue weighted by atomic mass is 16.5. The van der Waals surface area contributed by atoms with Gasteiger partial charge in [0.1, 0.15) is 6.04 Å². The average Bonchev–Trinajstić information content (AvgIpc) is 3.22. The summed E-state index contributed by atoms with van der Waals surface area (Å²) in [5, 5.41) is 3.87. The molecule has 0 bridgehead atoms. The Bertz CT molecular complexity index is 911. The molecule has 1 aliphatic heterocycles. The first kappa shape index (κ1) is 16.4. The Kier molecular flexibility index (Phi) is 4.45. The third-order valence-electron chi connectivity index (χ3n) is 4.40. The standard InChI is InChI=1S/C19H18N4O3/c1-13-3-2-4-14(7-13)15-8-16(10-20-9-15)19(24)23-5-6-25-11-17(23)18-21-12-26-22-18/h2-4,7-10,12,17H,5-6,11H2,1H3/t17-/m1/s1. The lowest BCUT2D eigenvalue weighted by atomic mass is 10.0. The van der Waals surface area contributed by atoms with Gasteiger partial charge in [0.25, 0.3) is 5.91 Å². The van der Waals surface area contributed by atoms with E-state index in [2.05, 4.69) is 21.2 Å². The first-order chi connectivity index (χ1) is 12.7. The summed E-state index contributed by atoms with van der Waals surface area (Å²) >= 11 is 0. The lowest BCUT2D eigenvalue weighted by Crippen LogP contribution is -2.43. The van der Waals surface area contributed by atoms with Crippen LogP contribution in [0, 0.1) is 6.92 Å². The van der Waals surface area contributed by atoms with E-state index in [9.17, 15) is 4.79 Å². The summed E-state index contributed by atoms with van der Waals surface area (Å²) in [6, 6.07) is 9.62. The van der Waals surface area contributed by atoms with Gasteiger partial charge >= 0.3 is 0 Å². The minimum absolute atomic E-state index is 0.120. The van der Waals surface area contributed by atoms with E-state index in [0.29, 0.717) is 31.1 Å². The Labute approximate surface area is 150 Å². The molecule has 1 aromatic carbocycles. The second kappa shape index (κ2) is 7.05. The van der Waals surface area contributed by atoms with Gasteiger partial charge in [0.15, 0.2) is 5.82 Å². The number of nitrogens with zero attached hydrogens (tertiary/aromatic N) is 4. The Morgan fingerprint density at radius 1 is 1.23 bits per heavy atom. The summed E-state index contributed by atoms with van der Waals surface area (Å²) < 4.78 is 10.3. The lowest BCUT2D eigenvalue weighted by molar-refractivity contribution is -0.00578. The van der Waals surface area contributed by atoms with E-state index < -0.39 is 0 Å². The van der Waals surface area contributed by atoms with Gasteiger partial charge in [0, 0.05) is 24.5 Å². The van der Waals surface area contributed by atoms with Crippen molar-refractivity contribution in [2.24, 2.45) is 0 Å². The lowest BCUT2D eigenvalue weighted by Gasteiger charge is -2.33. The minimum atomic E-state index is -0.363. The van der Waals surface area contributed by atoms with Crippen LogP contribution in [0.1, 0.15) is 27.8 Å². The molecule has 0 N–H and O–H groups in total. The molecule has 0 spiro atoms. The van der Waals surface area contributed by atoms with Gasteiger partial charge in [-0.05, 0) is 18.6 Å². The van der Waals surface area contributed by atoms with E-state index in [1.165, 1.54) is 6.39 Å². The highest BCUT2D eigenvalue weighted by Gasteiger charge is 2.32. The van der Waals surface area contributed by atoms with Gasteiger partial charge in [0.05, 0.1) is 18.8 Å². The Morgan fingerprint density at radius 3 is 2.96 bits per heavy atom. The largest absolute Gasteiger partial charge is 0.377 e. The van der Waals surface area contributed by atoms with Gasteiger partial charge in [-0.15, -0.1) is 0 Å². The highest BCUT2D eigenvalue weighted by molar-refractivity contribution is 5.95. The predicted octanol–water partition coefficient (Wildman–Crippen LogP) is 2.65. The number of carbonyl (C=O) groups is 1. The number of hydrogen-bond acceptors (Lipinski definition) is 6. The fraction of sp³-hybridized carbons (Fsp3) is 0.263. The molecular formula is C19H18N4O3. The molecule has 0 saturated carbocycles. The number of hydrogen-bond donors (Lipinski definition) is 0. The Morgan fingerprint density at radius 2 is 2.15 bits per heavy atom. The number of carbonyl (C=O) groups excluding carboxylic acids is 1. The van der Waals surface area contributed by atoms with E-state index in [1.807, 2.05) is 31.2 Å². The molecule has 3 aromatic rings. The number of aryl methyl sites for hydroxylation is 1. The summed E-state index contributed by atoms with van der Waals surface area (Å²) in [6.45, 7) is 3.32. The van der Waals surface area contributed by atoms with Gasteiger partial charge in [-0.1, -0.05) is 35.0 Å². The van der Waals surface area contributed by atoms with Crippen molar-refractivity contribution >= 4 is 5.91 Å². The molecule has 1 aliphatic rings. The van der Waals surface area contributed by atoms with E-state index >= 15 is 0 Å². The maximum absolute atomic E-state index is 13.1. The molecule has 1 atom stereocenters. The Balaban J connectivity index is 1.64. The number of pyridine rings is 1. The van der Waals surface area contributed by atoms with Crippen LogP contribution in [-0.2, 0) is 4.74 Å². The van der Waals surface area contributed by atoms with Gasteiger partial charge in [0.2, 0.25) is 6.39 Å². The van der Waals surface area contributed by atoms with Crippen molar-refractivity contribution in [3.63, 3.8) is 0 Å². The van der Waals surface area contributed by atoms with Crippen molar-refractivity contribution in [1.82, 2.24) is 20.0 Å². The van der Waals surface area contributed by atoms with Crippen LogP contribution in [0.2, 0.25) is 0 Å². The van der Waals surface area contributed by atoms with Crippen molar-refractivity contribution in [3.8, 4) is 11.1 Å². The molecule has 0 unspecified atom stereocenters. The van der Waals surface area contributed by atoms with E-state index in [-0.39, 0.29) is 11.9 Å². The van der Waals surface area contributed by atoms with E-state index in [4.69, 9.17) is 9.26 Å². The van der Waals surface area contributed by atoms with Crippen LogP contribution in [0.15, 0.2) is 53.6 Å². The monoisotopic (exact) mass is 350 g/mol. The molecule has 132 valence electrons. The number of rotatable bonds is 3. The van der Waals surface area contributed by atoms with Gasteiger partial charge in [-0.25, -0.2) is 0 Å². The van der Waals surface area contributed by atoms with Crippen LogP contribution in [0.5, 0.6) is 0 Å². The second-order valence-corrected chi connectivity index (χ2v) is 6.21. The zero-order valence-electron chi connectivity index (χ0n) is 14.3. The van der Waals surface area contributed by atoms with Crippen molar-refractivity contribution in [1.29, 1.82) is 0 Å². The van der Waals surface area contributed by atoms with E-state index in [0.717, 1.165) is 16.7 Å². The topological polar surface area (TPSA) is 81.4 Å². The first-order valence-corrected chi connectivity index (χ1v) is 8.39. The zero-order chi connectivity index (χ0) is 17.9. The van der Waals surface area contributed by atoms with Crippen molar-refractivity contribution in [2.45, 2.75) is 13.0 Å². The summed E-state index contributed by atoms with van der Waals surface area (Å²) in [4.78, 5) is 23.2. The number of amides is 1. The second-order valence-electron chi connectivity index (χ2n) is 6.21. The van der Waals surface area contributed by atoms with Crippen LogP contribution in [-0.4, -0.2) is 45.7 Å². The molecule has 2 aromatic heterocycles. The number of benzene rings is 1. The smallest absolute Gasteiger partial charge is 0.256 e. The van der Waals surface area contributed by atoms with Crippen molar-refractivity contribution in [2.75, 3.05) is 19.8 Å². The van der Waals surface area contributed by atoms with E-state index in [1.54, 1.807) is 17.3 Å². The summed E-state index contributed by atoms with van der Waals surface area (Å²) in [6.07, 6.45) is 4.61. The maximum atomic E-state index is 13.1. The molecule has 0 aliphatic carbocycles. The molecule has 26 heavy (non-hydrogen) atoms. The molecular weight excluding hydrogens is 332 g/mol. The predicted molar refractivity (Wildman–Crippen MR) is 93.3 cm³/mol. The molecule has 4 rings (SSSR count). The quantitative estimate of drug-likeness (QED) is 0.722. The molecule has 7 nitrogen and oxygen atoms in total. The normalized spacial score (nSPS) is 17.3. The first-order valence-electron chi connectivity index (χ1n) is 8.39. The van der Waals surface area contributed by atoms with Crippen LogP contribution in [0.3, 0.4) is 0 Å². The molecule has 1 saturated heterocycles. The summed E-state index contributed by atoms with van der Waals surface area (Å²) in [7, 11) is 0. The summed E-state index contributed by atoms with van der Waals surface area (Å²) in [5.74, 6) is 0.325. The van der Waals surface area contributed by atoms with Crippen LogP contribution in [0.4, 0.5) is 0 Å². The highest BCUT2D eigenvalue weighted by Crippen LogP contribution is 2.25. The molecule has 1 fully saturated rings. The van der Waals surface area contributed by atoms with Gasteiger partial charge in [-0.3, -0.25) is 9.78 Å². The van der Waals surface area contributed by atoms with Gasteiger partial charge < -0.3 is 14.2 Å². The molecule has 3 heterocycles. The van der Waals surface area contributed by atoms with Crippen molar-refractivity contribution < 1.29 is 14.1 Å². The molecule has 1 amide bonds. The maximum Gasteiger partial charge on any atom is 0.256 e. The van der Waals surface area contributed by atoms with Crippen LogP contribution < -0.4 is 0 Å². The van der Waals surface area contributed by atoms with Crippen LogP contribution in [0.25, 0.3) is 11.1 Å². The summed E-state index contributed by atoms with van der Waals surface area (Å²) in [5.41, 5.74) is 3.62. The number of ether oxygens (including phenoxy) is 1. The zero-order valence-corrected chi connectivity index (χ0v) is 14.3. The SMILES string of the molecule is Cc1cccc(-c2cncc(C(=O)N3CCOC[C@@H]3c3ncon3)c2)c1. The van der Waals surface area contributed by atoms with Crippen molar-refractivity contribution in [3.05, 3.63) is 66.1 Å².